The zero-order valence-corrected chi connectivity index (χ0v) is 10.1. The third-order valence-electron chi connectivity index (χ3n) is 1.69. The van der Waals surface area contributed by atoms with Crippen LogP contribution in [0.3, 0.4) is 0 Å². The first-order chi connectivity index (χ1) is 8.49. The molecule has 0 aliphatic carbocycles. The van der Waals surface area contributed by atoms with Crippen LogP contribution in [0.4, 0.5) is 0 Å². The van der Waals surface area contributed by atoms with Gasteiger partial charge in [0.25, 0.3) is 0 Å². The van der Waals surface area contributed by atoms with Crippen molar-refractivity contribution >= 4 is 11.9 Å². The molecule has 0 atom stereocenters. The molecule has 1 rings (SSSR count). The number of hydrogen-bond acceptors (Lipinski definition) is 4. The van der Waals surface area contributed by atoms with E-state index in [1.165, 1.54) is 0 Å². The minimum absolute atomic E-state index is 0.0473. The summed E-state index contributed by atoms with van der Waals surface area (Å²) in [5.74, 6) is -1.33. The number of ether oxygens (including phenoxy) is 1. The van der Waals surface area contributed by atoms with Crippen molar-refractivity contribution in [2.45, 2.75) is 6.92 Å². The van der Waals surface area contributed by atoms with Gasteiger partial charge in [0.1, 0.15) is 6.61 Å². The molecule has 0 unspecified atom stereocenters. The first-order valence-corrected chi connectivity index (χ1v) is 5.21. The number of benzene rings is 1. The van der Waals surface area contributed by atoms with E-state index in [0.29, 0.717) is 11.1 Å². The van der Waals surface area contributed by atoms with E-state index in [1.54, 1.807) is 37.3 Å². The Balaban J connectivity index is 0.000000321. The summed E-state index contributed by atoms with van der Waals surface area (Å²) in [6, 6.07) is 8.30. The van der Waals surface area contributed by atoms with E-state index in [2.05, 4.69) is 11.3 Å². The smallest absolute Gasteiger partial charge is 0.335 e. The van der Waals surface area contributed by atoms with Gasteiger partial charge in [-0.2, -0.15) is 0 Å². The van der Waals surface area contributed by atoms with Crippen LogP contribution in [-0.2, 0) is 9.53 Å². The fourth-order valence-electron chi connectivity index (χ4n) is 0.842. The van der Waals surface area contributed by atoms with Gasteiger partial charge in [-0.05, 0) is 19.1 Å². The van der Waals surface area contributed by atoms with Crippen LogP contribution in [0.5, 0.6) is 0 Å². The van der Waals surface area contributed by atoms with Gasteiger partial charge in [0.05, 0.1) is 12.2 Å². The van der Waals surface area contributed by atoms with Gasteiger partial charge in [-0.1, -0.05) is 24.8 Å². The van der Waals surface area contributed by atoms with Crippen LogP contribution in [0, 0.1) is 0 Å². The lowest BCUT2D eigenvalue weighted by atomic mass is 10.2. The molecule has 5 nitrogen and oxygen atoms in total. The Labute approximate surface area is 105 Å². The maximum absolute atomic E-state index is 10.5. The van der Waals surface area contributed by atoms with Crippen molar-refractivity contribution in [3.05, 3.63) is 48.0 Å². The molecule has 1 aromatic rings. The van der Waals surface area contributed by atoms with Crippen molar-refractivity contribution in [3.8, 4) is 0 Å². The van der Waals surface area contributed by atoms with E-state index < -0.39 is 11.9 Å². The zero-order valence-electron chi connectivity index (χ0n) is 10.1. The van der Waals surface area contributed by atoms with Gasteiger partial charge in [-0.15, -0.1) is 0 Å². The standard InChI is InChI=1S/C7H6O2.C6H10O3/c8-7(9)6-4-2-1-3-5-6;1-5(2)6(8)9-4-3-7/h1-5H,(H,8,9);7H,1,3-4H2,2H3. The quantitative estimate of drug-likeness (QED) is 0.626. The number of aromatic carboxylic acids is 1. The van der Waals surface area contributed by atoms with E-state index in [9.17, 15) is 9.59 Å². The second-order valence-corrected chi connectivity index (χ2v) is 3.31. The van der Waals surface area contributed by atoms with Crippen molar-refractivity contribution < 1.29 is 24.5 Å². The van der Waals surface area contributed by atoms with Gasteiger partial charge in [0, 0.05) is 5.57 Å². The van der Waals surface area contributed by atoms with E-state index in [-0.39, 0.29) is 13.2 Å². The van der Waals surface area contributed by atoms with Crippen molar-refractivity contribution in [3.63, 3.8) is 0 Å². The number of carbonyl (C=O) groups is 2. The predicted octanol–water partition coefficient (Wildman–Crippen LogP) is 1.48. The molecule has 0 aromatic heterocycles. The number of hydrogen-bond donors (Lipinski definition) is 2. The maximum atomic E-state index is 10.5. The highest BCUT2D eigenvalue weighted by atomic mass is 16.5. The monoisotopic (exact) mass is 252 g/mol. The molecule has 0 saturated heterocycles. The average Bonchev–Trinajstić information content (AvgIpc) is 2.37. The molecule has 0 heterocycles. The SMILES string of the molecule is C=C(C)C(=O)OCCO.O=C(O)c1ccccc1. The molecule has 18 heavy (non-hydrogen) atoms. The first-order valence-electron chi connectivity index (χ1n) is 5.21. The lowest BCUT2D eigenvalue weighted by Gasteiger charge is -1.99. The van der Waals surface area contributed by atoms with E-state index in [0.717, 1.165) is 0 Å². The van der Waals surface area contributed by atoms with E-state index >= 15 is 0 Å². The molecule has 0 saturated carbocycles. The van der Waals surface area contributed by atoms with Crippen molar-refractivity contribution in [1.29, 1.82) is 0 Å². The van der Waals surface area contributed by atoms with Crippen LogP contribution in [0.2, 0.25) is 0 Å². The molecule has 0 aliphatic rings. The predicted molar refractivity (Wildman–Crippen MR) is 66.3 cm³/mol. The molecule has 5 heteroatoms. The van der Waals surface area contributed by atoms with E-state index in [1.807, 2.05) is 0 Å². The average molecular weight is 252 g/mol. The summed E-state index contributed by atoms with van der Waals surface area (Å²) in [7, 11) is 0. The van der Waals surface area contributed by atoms with Gasteiger partial charge >= 0.3 is 11.9 Å². The lowest BCUT2D eigenvalue weighted by molar-refractivity contribution is -0.139. The highest BCUT2D eigenvalue weighted by Gasteiger charge is 1.99. The van der Waals surface area contributed by atoms with Crippen LogP contribution in [0.25, 0.3) is 0 Å². The van der Waals surface area contributed by atoms with Crippen LogP contribution >= 0.6 is 0 Å². The van der Waals surface area contributed by atoms with Crippen molar-refractivity contribution in [2.24, 2.45) is 0 Å². The molecular formula is C13H16O5. The summed E-state index contributed by atoms with van der Waals surface area (Å²) in [5.41, 5.74) is 0.681. The molecule has 0 radical (unpaired) electrons. The highest BCUT2D eigenvalue weighted by Crippen LogP contribution is 1.96. The first kappa shape index (κ1) is 15.9. The Kier molecular flexibility index (Phi) is 7.89. The summed E-state index contributed by atoms with van der Waals surface area (Å²) < 4.78 is 4.46. The number of aliphatic hydroxyl groups excluding tert-OH is 1. The molecule has 0 amide bonds. The molecule has 0 spiro atoms. The normalized spacial score (nSPS) is 8.78. The van der Waals surface area contributed by atoms with Crippen LogP contribution in [0.1, 0.15) is 17.3 Å². The van der Waals surface area contributed by atoms with E-state index in [4.69, 9.17) is 10.2 Å². The van der Waals surface area contributed by atoms with Gasteiger partial charge in [0.2, 0.25) is 0 Å². The molecular weight excluding hydrogens is 236 g/mol. The minimum Gasteiger partial charge on any atom is -0.478 e. The maximum Gasteiger partial charge on any atom is 0.335 e. The largest absolute Gasteiger partial charge is 0.478 e. The number of rotatable bonds is 4. The summed E-state index contributed by atoms with van der Waals surface area (Å²) in [5, 5.41) is 16.6. The van der Waals surface area contributed by atoms with Gasteiger partial charge in [0.15, 0.2) is 0 Å². The van der Waals surface area contributed by atoms with Crippen LogP contribution < -0.4 is 0 Å². The second-order valence-electron chi connectivity index (χ2n) is 3.31. The number of carboxylic acids is 1. The Bertz CT molecular complexity index is 397. The highest BCUT2D eigenvalue weighted by molar-refractivity contribution is 5.87. The lowest BCUT2D eigenvalue weighted by Crippen LogP contribution is -2.08. The van der Waals surface area contributed by atoms with Crippen LogP contribution in [-0.4, -0.2) is 35.4 Å². The summed E-state index contributed by atoms with van der Waals surface area (Å²) in [4.78, 5) is 20.7. The number of esters is 1. The Hall–Kier alpha value is -2.14. The van der Waals surface area contributed by atoms with Crippen molar-refractivity contribution in [1.82, 2.24) is 0 Å². The summed E-state index contributed by atoms with van der Waals surface area (Å²) >= 11 is 0. The Morgan fingerprint density at radius 3 is 2.17 bits per heavy atom. The molecule has 2 N–H and O–H groups in total. The Morgan fingerprint density at radius 1 is 1.28 bits per heavy atom. The molecule has 0 aliphatic heterocycles. The number of carboxylic acid groups (broad SMARTS) is 1. The third kappa shape index (κ3) is 7.19. The summed E-state index contributed by atoms with van der Waals surface area (Å²) in [6.45, 7) is 4.81. The van der Waals surface area contributed by atoms with Gasteiger partial charge < -0.3 is 14.9 Å². The minimum atomic E-state index is -0.879. The van der Waals surface area contributed by atoms with Crippen LogP contribution in [0.15, 0.2) is 42.5 Å². The fourth-order valence-corrected chi connectivity index (χ4v) is 0.842. The number of aliphatic hydroxyl groups is 1. The molecule has 1 aromatic carbocycles. The molecule has 0 fully saturated rings. The van der Waals surface area contributed by atoms with Crippen molar-refractivity contribution in [2.75, 3.05) is 13.2 Å². The second kappa shape index (κ2) is 8.95. The third-order valence-corrected chi connectivity index (χ3v) is 1.69. The number of carbonyl (C=O) groups excluding carboxylic acids is 1. The van der Waals surface area contributed by atoms with Gasteiger partial charge in [-0.3, -0.25) is 0 Å². The summed E-state index contributed by atoms with van der Waals surface area (Å²) in [6.07, 6.45) is 0. The molecule has 0 bridgehead atoms. The molecule has 98 valence electrons. The topological polar surface area (TPSA) is 83.8 Å². The zero-order chi connectivity index (χ0) is 14.0. The Morgan fingerprint density at radius 2 is 1.83 bits per heavy atom. The van der Waals surface area contributed by atoms with Gasteiger partial charge in [-0.25, -0.2) is 9.59 Å². The fraction of sp³-hybridized carbons (Fsp3) is 0.231.